The summed E-state index contributed by atoms with van der Waals surface area (Å²) in [7, 11) is 0. The Bertz CT molecular complexity index is 1150. The first kappa shape index (κ1) is 25.7. The van der Waals surface area contributed by atoms with E-state index in [4.69, 9.17) is 0 Å². The molecule has 7 nitrogen and oxygen atoms in total. The summed E-state index contributed by atoms with van der Waals surface area (Å²) >= 11 is 0. The minimum atomic E-state index is -1.31. The predicted molar refractivity (Wildman–Crippen MR) is 132 cm³/mol. The lowest BCUT2D eigenvalue weighted by atomic mass is 9.70. The molecule has 0 radical (unpaired) electrons. The summed E-state index contributed by atoms with van der Waals surface area (Å²) in [6.07, 6.45) is 3.85. The fourth-order valence-electron chi connectivity index (χ4n) is 5.80. The van der Waals surface area contributed by atoms with Gasteiger partial charge in [0.15, 0.2) is 0 Å². The van der Waals surface area contributed by atoms with Gasteiger partial charge in [0.2, 0.25) is 5.91 Å². The number of aromatic hydroxyl groups is 1. The van der Waals surface area contributed by atoms with Crippen LogP contribution in [0.25, 0.3) is 0 Å². The number of aromatic carboxylic acids is 1. The maximum absolute atomic E-state index is 13.9. The van der Waals surface area contributed by atoms with Crippen molar-refractivity contribution in [3.8, 4) is 5.75 Å². The number of carboxylic acid groups (broad SMARTS) is 1. The SMILES string of the molecule is CC1(C)CN(C(=O)C2CCCCC2NC(=O)c2cc(F)cc(C(=O)O)c2)CCC1c1ccc(O)cc1. The molecular formula is C28H33FN2O5. The Kier molecular flexibility index (Phi) is 7.33. The topological polar surface area (TPSA) is 107 Å². The Morgan fingerprint density at radius 2 is 1.67 bits per heavy atom. The molecule has 3 unspecified atom stereocenters. The predicted octanol–water partition coefficient (Wildman–Crippen LogP) is 4.56. The van der Waals surface area contributed by atoms with E-state index in [-0.39, 0.29) is 40.0 Å². The number of carbonyl (C=O) groups is 3. The zero-order chi connectivity index (χ0) is 26.0. The van der Waals surface area contributed by atoms with Crippen LogP contribution in [0, 0.1) is 17.2 Å². The van der Waals surface area contributed by atoms with Gasteiger partial charge in [-0.05, 0) is 66.5 Å². The van der Waals surface area contributed by atoms with Crippen molar-refractivity contribution in [2.24, 2.45) is 11.3 Å². The number of amides is 2. The fraction of sp³-hybridized carbons (Fsp3) is 0.464. The lowest BCUT2D eigenvalue weighted by Gasteiger charge is -2.46. The molecule has 1 heterocycles. The second-order valence-electron chi connectivity index (χ2n) is 10.7. The number of rotatable bonds is 5. The van der Waals surface area contributed by atoms with Gasteiger partial charge in [0.25, 0.3) is 5.91 Å². The first-order chi connectivity index (χ1) is 17.0. The molecule has 2 amide bonds. The van der Waals surface area contributed by atoms with Crippen LogP contribution >= 0.6 is 0 Å². The number of likely N-dealkylation sites (tertiary alicyclic amines) is 1. The van der Waals surface area contributed by atoms with Crippen molar-refractivity contribution in [2.45, 2.75) is 57.9 Å². The van der Waals surface area contributed by atoms with E-state index < -0.39 is 23.7 Å². The Hall–Kier alpha value is -3.42. The van der Waals surface area contributed by atoms with Gasteiger partial charge >= 0.3 is 5.97 Å². The number of benzene rings is 2. The fourth-order valence-corrected chi connectivity index (χ4v) is 5.80. The Morgan fingerprint density at radius 1 is 1.00 bits per heavy atom. The van der Waals surface area contributed by atoms with Gasteiger partial charge in [-0.2, -0.15) is 0 Å². The van der Waals surface area contributed by atoms with Crippen LogP contribution in [0.2, 0.25) is 0 Å². The van der Waals surface area contributed by atoms with Gasteiger partial charge in [0.1, 0.15) is 11.6 Å². The van der Waals surface area contributed by atoms with Crippen LogP contribution in [-0.2, 0) is 4.79 Å². The lowest BCUT2D eigenvalue weighted by Crippen LogP contribution is -2.54. The molecule has 192 valence electrons. The third-order valence-corrected chi connectivity index (χ3v) is 7.64. The van der Waals surface area contributed by atoms with Gasteiger partial charge in [0.05, 0.1) is 11.5 Å². The molecule has 36 heavy (non-hydrogen) atoms. The van der Waals surface area contributed by atoms with E-state index in [0.717, 1.165) is 43.0 Å². The summed E-state index contributed by atoms with van der Waals surface area (Å²) in [6, 6.07) is 9.90. The van der Waals surface area contributed by atoms with E-state index in [2.05, 4.69) is 19.2 Å². The largest absolute Gasteiger partial charge is 0.508 e. The molecule has 0 aromatic heterocycles. The summed E-state index contributed by atoms with van der Waals surface area (Å²) in [5.41, 5.74) is 0.603. The maximum atomic E-state index is 13.9. The summed E-state index contributed by atoms with van der Waals surface area (Å²) in [5, 5.41) is 21.7. The van der Waals surface area contributed by atoms with E-state index in [1.807, 2.05) is 17.0 Å². The molecular weight excluding hydrogens is 463 g/mol. The van der Waals surface area contributed by atoms with Gasteiger partial charge in [-0.1, -0.05) is 38.8 Å². The molecule has 2 aromatic rings. The van der Waals surface area contributed by atoms with Gasteiger partial charge in [-0.25, -0.2) is 9.18 Å². The smallest absolute Gasteiger partial charge is 0.335 e. The van der Waals surface area contributed by atoms with E-state index in [0.29, 0.717) is 25.9 Å². The Labute approximate surface area is 210 Å². The van der Waals surface area contributed by atoms with E-state index >= 15 is 0 Å². The van der Waals surface area contributed by atoms with Gasteiger partial charge in [0, 0.05) is 24.7 Å². The zero-order valence-electron chi connectivity index (χ0n) is 20.7. The van der Waals surface area contributed by atoms with Crippen LogP contribution in [0.5, 0.6) is 5.75 Å². The number of halogens is 1. The molecule has 1 saturated carbocycles. The van der Waals surface area contributed by atoms with Gasteiger partial charge < -0.3 is 20.4 Å². The maximum Gasteiger partial charge on any atom is 0.335 e. The standard InChI is InChI=1S/C28H33FN2O5/c1-28(2)16-31(12-11-23(28)17-7-9-21(32)10-8-17)26(34)22-5-3-4-6-24(22)30-25(33)18-13-19(27(35)36)15-20(29)14-18/h7-10,13-15,22-24,32H,3-6,11-12,16H2,1-2H3,(H,30,33)(H,35,36). The number of phenols is 1. The molecule has 2 fully saturated rings. The number of piperidine rings is 1. The van der Waals surface area contributed by atoms with E-state index in [1.54, 1.807) is 12.1 Å². The first-order valence-electron chi connectivity index (χ1n) is 12.5. The van der Waals surface area contributed by atoms with Crippen LogP contribution in [-0.4, -0.2) is 52.0 Å². The van der Waals surface area contributed by atoms with Crippen LogP contribution in [0.1, 0.15) is 78.1 Å². The molecule has 3 atom stereocenters. The van der Waals surface area contributed by atoms with Crippen LogP contribution < -0.4 is 5.32 Å². The quantitative estimate of drug-likeness (QED) is 0.563. The summed E-state index contributed by atoms with van der Waals surface area (Å²) in [4.78, 5) is 39.7. The van der Waals surface area contributed by atoms with Crippen molar-refractivity contribution in [1.82, 2.24) is 10.2 Å². The molecule has 2 aromatic carbocycles. The highest BCUT2D eigenvalue weighted by atomic mass is 19.1. The number of carboxylic acids is 1. The average Bonchev–Trinajstić information content (AvgIpc) is 2.83. The number of nitrogens with one attached hydrogen (secondary N) is 1. The molecule has 1 aliphatic carbocycles. The minimum absolute atomic E-state index is 0.0164. The molecule has 4 rings (SSSR count). The lowest BCUT2D eigenvalue weighted by molar-refractivity contribution is -0.141. The average molecular weight is 497 g/mol. The van der Waals surface area contributed by atoms with Gasteiger partial charge in [-0.15, -0.1) is 0 Å². The summed E-state index contributed by atoms with van der Waals surface area (Å²) < 4.78 is 13.9. The van der Waals surface area contributed by atoms with Crippen LogP contribution in [0.4, 0.5) is 4.39 Å². The highest BCUT2D eigenvalue weighted by Gasteiger charge is 2.42. The molecule has 1 aliphatic heterocycles. The van der Waals surface area contributed by atoms with Crippen molar-refractivity contribution in [2.75, 3.05) is 13.1 Å². The first-order valence-corrected chi connectivity index (χ1v) is 12.5. The number of nitrogens with zero attached hydrogens (tertiary/aromatic N) is 1. The molecule has 3 N–H and O–H groups in total. The number of carbonyl (C=O) groups excluding carboxylic acids is 2. The highest BCUT2D eigenvalue weighted by Crippen LogP contribution is 2.43. The Balaban J connectivity index is 1.46. The van der Waals surface area contributed by atoms with Crippen molar-refractivity contribution in [3.63, 3.8) is 0 Å². The second-order valence-corrected chi connectivity index (χ2v) is 10.7. The van der Waals surface area contributed by atoms with Gasteiger partial charge in [-0.3, -0.25) is 9.59 Å². The van der Waals surface area contributed by atoms with Crippen molar-refractivity contribution in [3.05, 3.63) is 65.0 Å². The van der Waals surface area contributed by atoms with E-state index in [1.165, 1.54) is 0 Å². The van der Waals surface area contributed by atoms with Crippen molar-refractivity contribution in [1.29, 1.82) is 0 Å². The highest BCUT2D eigenvalue weighted by molar-refractivity contribution is 5.98. The van der Waals surface area contributed by atoms with Crippen LogP contribution in [0.15, 0.2) is 42.5 Å². The molecule has 0 spiro atoms. The number of hydrogen-bond donors (Lipinski definition) is 3. The third-order valence-electron chi connectivity index (χ3n) is 7.64. The summed E-state index contributed by atoms with van der Waals surface area (Å²) in [5.74, 6) is -2.57. The monoisotopic (exact) mass is 496 g/mol. The third kappa shape index (κ3) is 5.53. The molecule has 8 heteroatoms. The second kappa shape index (κ2) is 10.3. The minimum Gasteiger partial charge on any atom is -0.508 e. The normalized spacial score (nSPS) is 23.6. The van der Waals surface area contributed by atoms with Crippen molar-refractivity contribution >= 4 is 17.8 Å². The molecule has 1 saturated heterocycles. The zero-order valence-corrected chi connectivity index (χ0v) is 20.7. The van der Waals surface area contributed by atoms with E-state index in [9.17, 15) is 29.0 Å². The molecule has 0 bridgehead atoms. The number of phenolic OH excluding ortho intramolecular Hbond substituents is 1. The molecule has 2 aliphatic rings. The van der Waals surface area contributed by atoms with Crippen LogP contribution in [0.3, 0.4) is 0 Å². The number of hydrogen-bond acceptors (Lipinski definition) is 4. The Morgan fingerprint density at radius 3 is 2.33 bits per heavy atom. The summed E-state index contributed by atoms with van der Waals surface area (Å²) in [6.45, 7) is 5.49. The van der Waals surface area contributed by atoms with Crippen molar-refractivity contribution < 1.29 is 29.0 Å².